The lowest BCUT2D eigenvalue weighted by molar-refractivity contribution is -0.128. The predicted molar refractivity (Wildman–Crippen MR) is 56.5 cm³/mol. The van der Waals surface area contributed by atoms with Gasteiger partial charge in [-0.15, -0.1) is 0 Å². The smallest absolute Gasteiger partial charge is 0.243 e. The van der Waals surface area contributed by atoms with Crippen LogP contribution in [0.1, 0.15) is 20.3 Å². The molecule has 3 N–H and O–H groups in total. The fourth-order valence-corrected chi connectivity index (χ4v) is 1.59. The average Bonchev–Trinajstić information content (AvgIpc) is 2.52. The number of hydrogen-bond donors (Lipinski definition) is 2. The summed E-state index contributed by atoms with van der Waals surface area (Å²) in [5, 5.41) is 2.87. The van der Waals surface area contributed by atoms with Gasteiger partial charge in [0.2, 0.25) is 5.91 Å². The number of carbonyl (C=O) groups is 1. The predicted octanol–water partition coefficient (Wildman–Crippen LogP) is -0.355. The maximum Gasteiger partial charge on any atom is 0.243 e. The van der Waals surface area contributed by atoms with E-state index in [1.54, 1.807) is 7.11 Å². The number of hydrogen-bond acceptors (Lipinski definition) is 4. The van der Waals surface area contributed by atoms with Crippen molar-refractivity contribution in [3.05, 3.63) is 0 Å². The van der Waals surface area contributed by atoms with Crippen LogP contribution in [-0.4, -0.2) is 43.9 Å². The normalized spacial score (nSPS) is 26.7. The molecule has 0 spiro atoms. The lowest BCUT2D eigenvalue weighted by atomic mass is 9.96. The van der Waals surface area contributed by atoms with E-state index in [1.807, 2.05) is 13.8 Å². The van der Waals surface area contributed by atoms with Gasteiger partial charge in [0.05, 0.1) is 18.8 Å². The second-order valence-corrected chi connectivity index (χ2v) is 4.73. The largest absolute Gasteiger partial charge is 0.382 e. The first-order valence-electron chi connectivity index (χ1n) is 5.08. The van der Waals surface area contributed by atoms with Crippen molar-refractivity contribution in [2.45, 2.75) is 31.3 Å². The third kappa shape index (κ3) is 3.15. The van der Waals surface area contributed by atoms with Gasteiger partial charge in [-0.05, 0) is 20.3 Å². The molecule has 5 heteroatoms. The van der Waals surface area contributed by atoms with E-state index in [0.717, 1.165) is 0 Å². The first-order valence-corrected chi connectivity index (χ1v) is 5.08. The summed E-state index contributed by atoms with van der Waals surface area (Å²) in [5.41, 5.74) is 4.66. The van der Waals surface area contributed by atoms with Gasteiger partial charge in [0.1, 0.15) is 5.54 Å². The molecule has 88 valence electrons. The van der Waals surface area contributed by atoms with E-state index >= 15 is 0 Å². The lowest BCUT2D eigenvalue weighted by Crippen LogP contribution is -2.60. The molecule has 0 aromatic carbocycles. The van der Waals surface area contributed by atoms with Crippen molar-refractivity contribution in [2.24, 2.45) is 5.73 Å². The van der Waals surface area contributed by atoms with E-state index in [9.17, 15) is 4.79 Å². The summed E-state index contributed by atoms with van der Waals surface area (Å²) >= 11 is 0. The molecular weight excluding hydrogens is 196 g/mol. The third-order valence-corrected chi connectivity index (χ3v) is 2.46. The fourth-order valence-electron chi connectivity index (χ4n) is 1.59. The number of methoxy groups -OCH3 is 1. The van der Waals surface area contributed by atoms with Crippen LogP contribution in [0.25, 0.3) is 0 Å². The van der Waals surface area contributed by atoms with Crippen LogP contribution >= 0.6 is 0 Å². The summed E-state index contributed by atoms with van der Waals surface area (Å²) in [6, 6.07) is 0. The number of nitrogens with one attached hydrogen (secondary N) is 1. The molecule has 1 unspecified atom stereocenters. The molecule has 15 heavy (non-hydrogen) atoms. The lowest BCUT2D eigenvalue weighted by Gasteiger charge is -2.30. The Hall–Kier alpha value is -0.650. The SMILES string of the molecule is COCC(C)(C)NC(=O)C1(N)CCOC1. The standard InChI is InChI=1S/C10H20N2O3/c1-9(2,6-14-3)12-8(13)10(11)4-5-15-7-10/h4-7,11H2,1-3H3,(H,12,13). The Bertz CT molecular complexity index is 235. The second-order valence-electron chi connectivity index (χ2n) is 4.73. The molecule has 0 aliphatic carbocycles. The number of nitrogens with two attached hydrogens (primary N) is 1. The van der Waals surface area contributed by atoms with Gasteiger partial charge in [0.25, 0.3) is 0 Å². The molecule has 0 radical (unpaired) electrons. The highest BCUT2D eigenvalue weighted by molar-refractivity contribution is 5.87. The monoisotopic (exact) mass is 216 g/mol. The Labute approximate surface area is 90.3 Å². The Morgan fingerprint density at radius 1 is 1.67 bits per heavy atom. The van der Waals surface area contributed by atoms with Gasteiger partial charge in [0.15, 0.2) is 0 Å². The number of amides is 1. The Morgan fingerprint density at radius 3 is 2.80 bits per heavy atom. The molecule has 1 fully saturated rings. The van der Waals surface area contributed by atoms with Crippen LogP contribution in [0, 0.1) is 0 Å². The highest BCUT2D eigenvalue weighted by Crippen LogP contribution is 2.17. The van der Waals surface area contributed by atoms with E-state index in [-0.39, 0.29) is 5.91 Å². The van der Waals surface area contributed by atoms with Gasteiger partial charge >= 0.3 is 0 Å². The molecule has 1 rings (SSSR count). The van der Waals surface area contributed by atoms with E-state index < -0.39 is 11.1 Å². The average molecular weight is 216 g/mol. The minimum atomic E-state index is -0.870. The maximum atomic E-state index is 11.9. The van der Waals surface area contributed by atoms with Crippen molar-refractivity contribution >= 4 is 5.91 Å². The molecule has 0 saturated carbocycles. The van der Waals surface area contributed by atoms with E-state index in [4.69, 9.17) is 15.2 Å². The fraction of sp³-hybridized carbons (Fsp3) is 0.900. The quantitative estimate of drug-likeness (QED) is 0.673. The highest BCUT2D eigenvalue weighted by atomic mass is 16.5. The van der Waals surface area contributed by atoms with Gasteiger partial charge in [-0.25, -0.2) is 0 Å². The van der Waals surface area contributed by atoms with Crippen LogP contribution in [-0.2, 0) is 14.3 Å². The van der Waals surface area contributed by atoms with Crippen LogP contribution < -0.4 is 11.1 Å². The summed E-state index contributed by atoms with van der Waals surface area (Å²) in [6.07, 6.45) is 0.571. The zero-order valence-corrected chi connectivity index (χ0v) is 9.63. The summed E-state index contributed by atoms with van der Waals surface area (Å²) in [7, 11) is 1.60. The Balaban J connectivity index is 2.54. The molecule has 1 aliphatic rings. The molecule has 5 nitrogen and oxygen atoms in total. The van der Waals surface area contributed by atoms with Crippen LogP contribution in [0.15, 0.2) is 0 Å². The molecule has 0 aromatic heterocycles. The molecular formula is C10H20N2O3. The van der Waals surface area contributed by atoms with E-state index in [0.29, 0.717) is 26.2 Å². The maximum absolute atomic E-state index is 11.9. The molecule has 0 bridgehead atoms. The van der Waals surface area contributed by atoms with Crippen LogP contribution in [0.2, 0.25) is 0 Å². The van der Waals surface area contributed by atoms with Crippen LogP contribution in [0.4, 0.5) is 0 Å². The topological polar surface area (TPSA) is 73.6 Å². The number of rotatable bonds is 4. The van der Waals surface area contributed by atoms with Gasteiger partial charge in [-0.1, -0.05) is 0 Å². The van der Waals surface area contributed by atoms with Gasteiger partial charge in [-0.2, -0.15) is 0 Å². The van der Waals surface area contributed by atoms with Gasteiger partial charge in [-0.3, -0.25) is 4.79 Å². The zero-order chi connectivity index (χ0) is 11.5. The minimum absolute atomic E-state index is 0.165. The van der Waals surface area contributed by atoms with Crippen molar-refractivity contribution in [3.8, 4) is 0 Å². The first kappa shape index (κ1) is 12.4. The molecule has 0 aromatic rings. The van der Waals surface area contributed by atoms with Crippen LogP contribution in [0.3, 0.4) is 0 Å². The minimum Gasteiger partial charge on any atom is -0.382 e. The van der Waals surface area contributed by atoms with Crippen molar-refractivity contribution in [1.29, 1.82) is 0 Å². The van der Waals surface area contributed by atoms with Crippen molar-refractivity contribution in [1.82, 2.24) is 5.32 Å². The zero-order valence-electron chi connectivity index (χ0n) is 9.63. The summed E-state index contributed by atoms with van der Waals surface area (Å²) in [4.78, 5) is 11.9. The summed E-state index contributed by atoms with van der Waals surface area (Å²) in [6.45, 7) is 5.09. The third-order valence-electron chi connectivity index (χ3n) is 2.46. The van der Waals surface area contributed by atoms with Crippen molar-refractivity contribution in [2.75, 3.05) is 26.9 Å². The van der Waals surface area contributed by atoms with Gasteiger partial charge < -0.3 is 20.5 Å². The molecule has 1 aliphatic heterocycles. The van der Waals surface area contributed by atoms with Gasteiger partial charge in [0, 0.05) is 13.7 Å². The second kappa shape index (κ2) is 4.47. The molecule has 1 saturated heterocycles. The summed E-state index contributed by atoms with van der Waals surface area (Å²) in [5.74, 6) is -0.165. The summed E-state index contributed by atoms with van der Waals surface area (Å²) < 4.78 is 10.2. The van der Waals surface area contributed by atoms with Crippen molar-refractivity contribution < 1.29 is 14.3 Å². The Morgan fingerprint density at radius 2 is 2.33 bits per heavy atom. The molecule has 1 atom stereocenters. The van der Waals surface area contributed by atoms with Crippen molar-refractivity contribution in [3.63, 3.8) is 0 Å². The van der Waals surface area contributed by atoms with Crippen LogP contribution in [0.5, 0.6) is 0 Å². The van der Waals surface area contributed by atoms with E-state index in [1.165, 1.54) is 0 Å². The molecule has 1 heterocycles. The first-order chi connectivity index (χ1) is 6.90. The Kier molecular flexibility index (Phi) is 3.70. The molecule has 1 amide bonds. The highest BCUT2D eigenvalue weighted by Gasteiger charge is 2.40. The number of carbonyl (C=O) groups excluding carboxylic acids is 1. The van der Waals surface area contributed by atoms with E-state index in [2.05, 4.69) is 5.32 Å². The number of ether oxygens (including phenoxy) is 2.